The van der Waals surface area contributed by atoms with Gasteiger partial charge in [-0.25, -0.2) is 8.42 Å². The Kier molecular flexibility index (Phi) is 5.09. The van der Waals surface area contributed by atoms with Crippen LogP contribution >= 0.6 is 11.6 Å². The fraction of sp³-hybridized carbons (Fsp3) is 0.368. The fourth-order valence-electron chi connectivity index (χ4n) is 3.32. The second kappa shape index (κ2) is 6.98. The highest BCUT2D eigenvalue weighted by atomic mass is 35.5. The second-order valence-electron chi connectivity index (χ2n) is 6.62. The summed E-state index contributed by atoms with van der Waals surface area (Å²) in [6.07, 6.45) is 0. The predicted octanol–water partition coefficient (Wildman–Crippen LogP) is 3.78. The Morgan fingerprint density at radius 1 is 0.880 bits per heavy atom. The molecular formula is C19H23ClN2O2S. The van der Waals surface area contributed by atoms with E-state index in [9.17, 15) is 8.42 Å². The van der Waals surface area contributed by atoms with E-state index in [1.807, 2.05) is 39.0 Å². The van der Waals surface area contributed by atoms with Gasteiger partial charge in [0.05, 0.1) is 15.6 Å². The van der Waals surface area contributed by atoms with Gasteiger partial charge in [-0.3, -0.25) is 0 Å². The van der Waals surface area contributed by atoms with Crippen LogP contribution in [0.4, 0.5) is 5.69 Å². The molecule has 1 saturated heterocycles. The van der Waals surface area contributed by atoms with Crippen LogP contribution in [-0.4, -0.2) is 38.9 Å². The Morgan fingerprint density at radius 2 is 1.48 bits per heavy atom. The van der Waals surface area contributed by atoms with Crippen LogP contribution in [0.1, 0.15) is 16.7 Å². The van der Waals surface area contributed by atoms with Crippen molar-refractivity contribution in [2.45, 2.75) is 25.7 Å². The minimum absolute atomic E-state index is 0.357. The highest BCUT2D eigenvalue weighted by molar-refractivity contribution is 7.89. The first-order chi connectivity index (χ1) is 11.8. The van der Waals surface area contributed by atoms with Crippen molar-refractivity contribution in [2.24, 2.45) is 0 Å². The summed E-state index contributed by atoms with van der Waals surface area (Å²) >= 11 is 6.43. The van der Waals surface area contributed by atoms with Gasteiger partial charge in [-0.1, -0.05) is 35.4 Å². The third kappa shape index (κ3) is 3.68. The van der Waals surface area contributed by atoms with Gasteiger partial charge in [-0.2, -0.15) is 4.31 Å². The average Bonchev–Trinajstić information content (AvgIpc) is 2.55. The number of halogens is 1. The predicted molar refractivity (Wildman–Crippen MR) is 103 cm³/mol. The summed E-state index contributed by atoms with van der Waals surface area (Å²) in [6.45, 7) is 8.20. The Labute approximate surface area is 155 Å². The summed E-state index contributed by atoms with van der Waals surface area (Å²) in [6, 6.07) is 11.1. The Morgan fingerprint density at radius 3 is 2.04 bits per heavy atom. The lowest BCUT2D eigenvalue weighted by atomic mass is 10.1. The molecule has 0 aromatic heterocycles. The lowest BCUT2D eigenvalue weighted by molar-refractivity contribution is 0.385. The van der Waals surface area contributed by atoms with E-state index in [2.05, 4.69) is 11.0 Å². The Balaban J connectivity index is 1.77. The monoisotopic (exact) mass is 378 g/mol. The number of nitrogens with zero attached hydrogens (tertiary/aromatic N) is 2. The first-order valence-corrected chi connectivity index (χ1v) is 10.2. The van der Waals surface area contributed by atoms with Gasteiger partial charge in [0.15, 0.2) is 0 Å². The van der Waals surface area contributed by atoms with Crippen LogP contribution < -0.4 is 4.90 Å². The van der Waals surface area contributed by atoms with Crippen LogP contribution in [0.15, 0.2) is 41.3 Å². The molecule has 1 heterocycles. The molecule has 1 aliphatic heterocycles. The van der Waals surface area contributed by atoms with E-state index in [-0.39, 0.29) is 0 Å². The molecule has 0 aliphatic carbocycles. The van der Waals surface area contributed by atoms with E-state index in [1.54, 1.807) is 16.4 Å². The summed E-state index contributed by atoms with van der Waals surface area (Å²) < 4.78 is 27.2. The fourth-order valence-corrected chi connectivity index (χ4v) is 5.18. The van der Waals surface area contributed by atoms with Crippen molar-refractivity contribution in [1.29, 1.82) is 0 Å². The first-order valence-electron chi connectivity index (χ1n) is 8.37. The average molecular weight is 379 g/mol. The summed E-state index contributed by atoms with van der Waals surface area (Å²) in [4.78, 5) is 2.54. The van der Waals surface area contributed by atoms with Gasteiger partial charge in [0, 0.05) is 26.2 Å². The van der Waals surface area contributed by atoms with E-state index >= 15 is 0 Å². The van der Waals surface area contributed by atoms with Gasteiger partial charge in [0.1, 0.15) is 0 Å². The molecule has 4 nitrogen and oxygen atoms in total. The van der Waals surface area contributed by atoms with Gasteiger partial charge < -0.3 is 4.90 Å². The van der Waals surface area contributed by atoms with Crippen molar-refractivity contribution in [2.75, 3.05) is 31.1 Å². The molecule has 3 rings (SSSR count). The molecule has 0 unspecified atom stereocenters. The quantitative estimate of drug-likeness (QED) is 0.816. The molecule has 0 spiro atoms. The minimum atomic E-state index is -3.44. The maximum atomic E-state index is 12.8. The molecule has 0 amide bonds. The number of anilines is 1. The number of aryl methyl sites for hydroxylation is 3. The van der Waals surface area contributed by atoms with Gasteiger partial charge in [-0.15, -0.1) is 0 Å². The zero-order valence-electron chi connectivity index (χ0n) is 14.8. The largest absolute Gasteiger partial charge is 0.367 e. The number of rotatable bonds is 3. The maximum absolute atomic E-state index is 12.8. The first kappa shape index (κ1) is 18.2. The smallest absolute Gasteiger partial charge is 0.243 e. The molecule has 2 aromatic carbocycles. The number of hydrogen-bond donors (Lipinski definition) is 0. The van der Waals surface area contributed by atoms with E-state index in [0.29, 0.717) is 31.1 Å². The lowest BCUT2D eigenvalue weighted by Gasteiger charge is -2.36. The highest BCUT2D eigenvalue weighted by Crippen LogP contribution is 2.32. The number of sulfonamides is 1. The Bertz CT molecular complexity index is 848. The van der Waals surface area contributed by atoms with Crippen molar-refractivity contribution < 1.29 is 8.42 Å². The normalized spacial score (nSPS) is 16.2. The molecule has 2 aromatic rings. The second-order valence-corrected chi connectivity index (χ2v) is 8.96. The molecule has 1 aliphatic rings. The van der Waals surface area contributed by atoms with Crippen molar-refractivity contribution in [3.63, 3.8) is 0 Å². The van der Waals surface area contributed by atoms with Gasteiger partial charge >= 0.3 is 0 Å². The van der Waals surface area contributed by atoms with Crippen LogP contribution in [0.2, 0.25) is 5.02 Å². The third-order valence-electron chi connectivity index (χ3n) is 4.61. The van der Waals surface area contributed by atoms with Crippen molar-refractivity contribution in [3.8, 4) is 0 Å². The summed E-state index contributed by atoms with van der Waals surface area (Å²) in [5.41, 5.74) is 4.32. The van der Waals surface area contributed by atoms with Crippen molar-refractivity contribution in [3.05, 3.63) is 58.1 Å². The molecule has 0 radical (unpaired) electrons. The number of benzene rings is 2. The molecule has 0 bridgehead atoms. The lowest BCUT2D eigenvalue weighted by Crippen LogP contribution is -2.49. The molecule has 134 valence electrons. The molecule has 1 fully saturated rings. The van der Waals surface area contributed by atoms with Gasteiger partial charge in [-0.05, 0) is 50.1 Å². The highest BCUT2D eigenvalue weighted by Gasteiger charge is 2.29. The van der Waals surface area contributed by atoms with Crippen molar-refractivity contribution in [1.82, 2.24) is 4.31 Å². The summed E-state index contributed by atoms with van der Waals surface area (Å²) in [5.74, 6) is 0. The summed E-state index contributed by atoms with van der Waals surface area (Å²) in [5, 5.41) is 0.729. The SMILES string of the molecule is Cc1ccc(S(=O)(=O)N2CCN(c3c(C)cc(C)cc3Cl)CC2)cc1. The zero-order valence-corrected chi connectivity index (χ0v) is 16.4. The maximum Gasteiger partial charge on any atom is 0.243 e. The van der Waals surface area contributed by atoms with Crippen LogP contribution in [0, 0.1) is 20.8 Å². The minimum Gasteiger partial charge on any atom is -0.367 e. The molecule has 0 atom stereocenters. The van der Waals surface area contributed by atoms with E-state index < -0.39 is 10.0 Å². The zero-order chi connectivity index (χ0) is 18.2. The van der Waals surface area contributed by atoms with Crippen LogP contribution in [0.25, 0.3) is 0 Å². The van der Waals surface area contributed by atoms with Crippen LogP contribution in [0.3, 0.4) is 0 Å². The summed E-state index contributed by atoms with van der Waals surface area (Å²) in [7, 11) is -3.44. The van der Waals surface area contributed by atoms with Gasteiger partial charge in [0.2, 0.25) is 10.0 Å². The van der Waals surface area contributed by atoms with Crippen molar-refractivity contribution >= 4 is 27.3 Å². The number of hydrogen-bond acceptors (Lipinski definition) is 3. The molecule has 25 heavy (non-hydrogen) atoms. The van der Waals surface area contributed by atoms with E-state index in [1.165, 1.54) is 0 Å². The topological polar surface area (TPSA) is 40.6 Å². The molecule has 0 N–H and O–H groups in total. The van der Waals surface area contributed by atoms with Gasteiger partial charge in [0.25, 0.3) is 0 Å². The molecular weight excluding hydrogens is 356 g/mol. The van der Waals surface area contributed by atoms with Crippen LogP contribution in [-0.2, 0) is 10.0 Å². The molecule has 0 saturated carbocycles. The van der Waals surface area contributed by atoms with Crippen LogP contribution in [0.5, 0.6) is 0 Å². The molecule has 6 heteroatoms. The number of piperazine rings is 1. The Hall–Kier alpha value is -1.56. The van der Waals surface area contributed by atoms with E-state index in [0.717, 1.165) is 27.4 Å². The van der Waals surface area contributed by atoms with E-state index in [4.69, 9.17) is 11.6 Å². The standard InChI is InChI=1S/C19H23ClN2O2S/c1-14-4-6-17(7-5-14)25(23,24)22-10-8-21(9-11-22)19-16(3)12-15(2)13-18(19)20/h4-7,12-13H,8-11H2,1-3H3. The third-order valence-corrected chi connectivity index (χ3v) is 6.81.